The predicted molar refractivity (Wildman–Crippen MR) is 122 cm³/mol. The van der Waals surface area contributed by atoms with Gasteiger partial charge < -0.3 is 0 Å². The van der Waals surface area contributed by atoms with Gasteiger partial charge in [0.15, 0.2) is 17.5 Å². The highest BCUT2D eigenvalue weighted by Gasteiger charge is 2.30. The lowest BCUT2D eigenvalue weighted by Crippen LogP contribution is -1.97. The third-order valence-corrected chi connectivity index (χ3v) is 5.61. The van der Waals surface area contributed by atoms with Crippen molar-refractivity contribution in [1.82, 2.24) is 0 Å². The molecule has 0 bridgehead atoms. The summed E-state index contributed by atoms with van der Waals surface area (Å²) in [5.41, 5.74) is 3.34. The zero-order valence-electron chi connectivity index (χ0n) is 18.2. The van der Waals surface area contributed by atoms with E-state index in [1.165, 1.54) is 11.6 Å². The zero-order chi connectivity index (χ0) is 23.4. The van der Waals surface area contributed by atoms with E-state index in [9.17, 15) is 13.2 Å². The SMILES string of the molecule is CCCCc1ccc(C#Cc2ccc(C#Cc3cc(F)c(F)c(F)c3)c(F)c2C2CC2)cc1. The molecule has 1 fully saturated rings. The number of benzene rings is 3. The number of hydrogen-bond donors (Lipinski definition) is 0. The Labute approximate surface area is 191 Å². The van der Waals surface area contributed by atoms with E-state index >= 15 is 4.39 Å². The largest absolute Gasteiger partial charge is 0.205 e. The van der Waals surface area contributed by atoms with Crippen molar-refractivity contribution in [3.05, 3.63) is 105 Å². The Morgan fingerprint density at radius 2 is 1.33 bits per heavy atom. The second-order valence-electron chi connectivity index (χ2n) is 8.22. The van der Waals surface area contributed by atoms with Gasteiger partial charge in [-0.3, -0.25) is 0 Å². The van der Waals surface area contributed by atoms with Crippen molar-refractivity contribution in [1.29, 1.82) is 0 Å². The van der Waals surface area contributed by atoms with Crippen LogP contribution in [0.5, 0.6) is 0 Å². The van der Waals surface area contributed by atoms with Gasteiger partial charge in [0.25, 0.3) is 0 Å². The molecule has 3 aromatic rings. The molecule has 1 saturated carbocycles. The van der Waals surface area contributed by atoms with Gasteiger partial charge in [-0.25, -0.2) is 17.6 Å². The van der Waals surface area contributed by atoms with E-state index in [4.69, 9.17) is 0 Å². The zero-order valence-corrected chi connectivity index (χ0v) is 18.2. The second kappa shape index (κ2) is 9.97. The van der Waals surface area contributed by atoms with Crippen LogP contribution in [0.25, 0.3) is 0 Å². The molecule has 0 nitrogen and oxygen atoms in total. The minimum Gasteiger partial charge on any atom is -0.205 e. The molecular formula is C29H22F4. The van der Waals surface area contributed by atoms with Gasteiger partial charge in [-0.15, -0.1) is 0 Å². The normalized spacial score (nSPS) is 12.5. The van der Waals surface area contributed by atoms with E-state index in [0.717, 1.165) is 49.8 Å². The Kier molecular flexibility index (Phi) is 6.85. The molecule has 0 spiro atoms. The fourth-order valence-electron chi connectivity index (χ4n) is 3.61. The Morgan fingerprint density at radius 1 is 0.727 bits per heavy atom. The van der Waals surface area contributed by atoms with Crippen LogP contribution in [0.2, 0.25) is 0 Å². The molecular weight excluding hydrogens is 424 g/mol. The van der Waals surface area contributed by atoms with Crippen molar-refractivity contribution in [2.24, 2.45) is 0 Å². The van der Waals surface area contributed by atoms with Crippen LogP contribution in [0.15, 0.2) is 48.5 Å². The number of halogens is 4. The third kappa shape index (κ3) is 5.47. The lowest BCUT2D eigenvalue weighted by molar-refractivity contribution is 0.446. The van der Waals surface area contributed by atoms with Crippen molar-refractivity contribution in [2.45, 2.75) is 44.9 Å². The van der Waals surface area contributed by atoms with Crippen molar-refractivity contribution in [3.63, 3.8) is 0 Å². The first-order valence-corrected chi connectivity index (χ1v) is 11.1. The highest BCUT2D eigenvalue weighted by atomic mass is 19.2. The van der Waals surface area contributed by atoms with Gasteiger partial charge in [0.05, 0.1) is 5.56 Å². The summed E-state index contributed by atoms with van der Waals surface area (Å²) in [4.78, 5) is 0. The summed E-state index contributed by atoms with van der Waals surface area (Å²) in [5.74, 6) is 6.77. The first-order valence-electron chi connectivity index (χ1n) is 11.1. The summed E-state index contributed by atoms with van der Waals surface area (Å²) < 4.78 is 55.2. The number of rotatable bonds is 4. The molecule has 0 N–H and O–H groups in total. The van der Waals surface area contributed by atoms with E-state index in [-0.39, 0.29) is 17.0 Å². The van der Waals surface area contributed by atoms with Crippen LogP contribution in [0.1, 0.15) is 71.9 Å². The van der Waals surface area contributed by atoms with E-state index in [1.807, 2.05) is 12.1 Å². The van der Waals surface area contributed by atoms with E-state index in [2.05, 4.69) is 42.7 Å². The second-order valence-corrected chi connectivity index (χ2v) is 8.22. The van der Waals surface area contributed by atoms with E-state index in [1.54, 1.807) is 6.07 Å². The van der Waals surface area contributed by atoms with Crippen LogP contribution < -0.4 is 0 Å². The molecule has 33 heavy (non-hydrogen) atoms. The molecule has 0 aliphatic heterocycles. The third-order valence-electron chi connectivity index (χ3n) is 5.61. The van der Waals surface area contributed by atoms with Gasteiger partial charge >= 0.3 is 0 Å². The minimum absolute atomic E-state index is 0.0648. The summed E-state index contributed by atoms with van der Waals surface area (Å²) in [6.07, 6.45) is 5.09. The summed E-state index contributed by atoms with van der Waals surface area (Å²) >= 11 is 0. The van der Waals surface area contributed by atoms with Gasteiger partial charge in [0.1, 0.15) is 5.82 Å². The maximum atomic E-state index is 15.3. The van der Waals surface area contributed by atoms with E-state index < -0.39 is 23.3 Å². The van der Waals surface area contributed by atoms with Gasteiger partial charge in [-0.2, -0.15) is 0 Å². The van der Waals surface area contributed by atoms with E-state index in [0.29, 0.717) is 11.1 Å². The van der Waals surface area contributed by atoms with Crippen LogP contribution in [0.4, 0.5) is 17.6 Å². The molecule has 4 rings (SSSR count). The fraction of sp³-hybridized carbons (Fsp3) is 0.241. The molecule has 4 heteroatoms. The first-order chi connectivity index (χ1) is 16.0. The highest BCUT2D eigenvalue weighted by Crippen LogP contribution is 2.43. The monoisotopic (exact) mass is 446 g/mol. The maximum Gasteiger partial charge on any atom is 0.194 e. The average molecular weight is 446 g/mol. The topological polar surface area (TPSA) is 0 Å². The molecule has 3 aromatic carbocycles. The van der Waals surface area contributed by atoms with Crippen LogP contribution in [-0.4, -0.2) is 0 Å². The van der Waals surface area contributed by atoms with Crippen LogP contribution in [0, 0.1) is 47.0 Å². The summed E-state index contributed by atoms with van der Waals surface area (Å²) in [7, 11) is 0. The van der Waals surface area contributed by atoms with Crippen molar-refractivity contribution in [2.75, 3.05) is 0 Å². The average Bonchev–Trinajstić information content (AvgIpc) is 3.65. The quantitative estimate of drug-likeness (QED) is 0.225. The number of aryl methyl sites for hydroxylation is 1. The summed E-state index contributed by atoms with van der Waals surface area (Å²) in [6.45, 7) is 2.16. The predicted octanol–water partition coefficient (Wildman–Crippen LogP) is 7.26. The standard InChI is InChI=1S/C29H22F4/c1-2-3-4-19-5-7-20(8-6-19)9-11-22-15-16-24(28(32)27(22)23-13-14-23)12-10-21-17-25(30)29(33)26(31)18-21/h5-8,15-18,23H,2-4,13-14H2,1H3. The Hall–Kier alpha value is -3.50. The molecule has 1 aliphatic rings. The highest BCUT2D eigenvalue weighted by molar-refractivity contribution is 5.54. The molecule has 0 unspecified atom stereocenters. The van der Waals surface area contributed by atoms with Crippen molar-refractivity contribution in [3.8, 4) is 23.7 Å². The Balaban J connectivity index is 1.62. The molecule has 0 amide bonds. The minimum atomic E-state index is -1.55. The fourth-order valence-corrected chi connectivity index (χ4v) is 3.61. The molecule has 0 atom stereocenters. The maximum absolute atomic E-state index is 15.3. The summed E-state index contributed by atoms with van der Waals surface area (Å²) in [5, 5.41) is 0. The smallest absolute Gasteiger partial charge is 0.194 e. The summed E-state index contributed by atoms with van der Waals surface area (Å²) in [6, 6.07) is 12.9. The van der Waals surface area contributed by atoms with Crippen molar-refractivity contribution < 1.29 is 17.6 Å². The molecule has 0 saturated heterocycles. The lowest BCUT2D eigenvalue weighted by atomic mass is 9.98. The van der Waals surface area contributed by atoms with Crippen LogP contribution in [0.3, 0.4) is 0 Å². The van der Waals surface area contributed by atoms with Gasteiger partial charge in [-0.1, -0.05) is 49.2 Å². The molecule has 166 valence electrons. The van der Waals surface area contributed by atoms with Gasteiger partial charge in [-0.05, 0) is 73.6 Å². The van der Waals surface area contributed by atoms with Crippen molar-refractivity contribution >= 4 is 0 Å². The Morgan fingerprint density at radius 3 is 1.97 bits per heavy atom. The lowest BCUT2D eigenvalue weighted by Gasteiger charge is -2.07. The van der Waals surface area contributed by atoms with Crippen LogP contribution in [-0.2, 0) is 6.42 Å². The van der Waals surface area contributed by atoms with Gasteiger partial charge in [0.2, 0.25) is 0 Å². The van der Waals surface area contributed by atoms with Gasteiger partial charge in [0, 0.05) is 22.3 Å². The number of hydrogen-bond acceptors (Lipinski definition) is 0. The first kappa shape index (κ1) is 22.7. The molecule has 0 radical (unpaired) electrons. The number of unbranched alkanes of at least 4 members (excludes halogenated alkanes) is 1. The van der Waals surface area contributed by atoms with Crippen LogP contribution >= 0.6 is 0 Å². The Bertz CT molecular complexity index is 1270. The molecule has 0 aromatic heterocycles. The molecule has 1 aliphatic carbocycles. The molecule has 0 heterocycles.